The predicted molar refractivity (Wildman–Crippen MR) is 69.3 cm³/mol. The van der Waals surface area contributed by atoms with E-state index in [2.05, 4.69) is 11.2 Å². The average Bonchev–Trinajstić information content (AvgIpc) is 2.66. The minimum atomic E-state index is -0.0406. The van der Waals surface area contributed by atoms with Gasteiger partial charge in [0.25, 0.3) is 0 Å². The first-order valence-electron chi connectivity index (χ1n) is 5.60. The van der Waals surface area contributed by atoms with Crippen molar-refractivity contribution in [1.82, 2.24) is 9.78 Å². The Hall–Kier alpha value is -1.10. The van der Waals surface area contributed by atoms with Gasteiger partial charge in [-0.1, -0.05) is 18.2 Å². The standard InChI is InChI=1S/C12H15N3O.ClH/c1-8(13)12-11-9-4-2-3-5-10(9)14-15(11)6-7-16-12;/h2-5,8,12H,6-7,13H2,1H3;1H/t8-,12+;/m1./s1. The Morgan fingerprint density at radius 3 is 3.00 bits per heavy atom. The van der Waals surface area contributed by atoms with Crippen molar-refractivity contribution in [2.24, 2.45) is 5.73 Å². The summed E-state index contributed by atoms with van der Waals surface area (Å²) in [5.74, 6) is 0. The minimum absolute atomic E-state index is 0. The number of aromatic nitrogens is 2. The summed E-state index contributed by atoms with van der Waals surface area (Å²) >= 11 is 0. The summed E-state index contributed by atoms with van der Waals surface area (Å²) in [6.45, 7) is 3.47. The number of fused-ring (bicyclic) bond motifs is 3. The zero-order chi connectivity index (χ0) is 11.1. The predicted octanol–water partition coefficient (Wildman–Crippen LogP) is 1.88. The van der Waals surface area contributed by atoms with Gasteiger partial charge >= 0.3 is 0 Å². The summed E-state index contributed by atoms with van der Waals surface area (Å²) in [5, 5.41) is 5.72. The molecule has 0 radical (unpaired) electrons. The molecule has 0 aliphatic carbocycles. The van der Waals surface area contributed by atoms with Crippen molar-refractivity contribution in [3.05, 3.63) is 30.0 Å². The second kappa shape index (κ2) is 4.64. The maximum atomic E-state index is 5.97. The van der Waals surface area contributed by atoms with Crippen LogP contribution in [-0.2, 0) is 11.3 Å². The van der Waals surface area contributed by atoms with Crippen LogP contribution in [-0.4, -0.2) is 22.4 Å². The SMILES string of the molecule is C[C@@H](N)[C@@H]1OCCn2nc3ccccc3c21.Cl. The lowest BCUT2D eigenvalue weighted by Crippen LogP contribution is -2.33. The molecule has 3 rings (SSSR count). The molecular formula is C12H16ClN3O. The van der Waals surface area contributed by atoms with Crippen LogP contribution >= 0.6 is 12.4 Å². The molecule has 0 saturated heterocycles. The molecule has 92 valence electrons. The summed E-state index contributed by atoms with van der Waals surface area (Å²) in [7, 11) is 0. The second-order valence-corrected chi connectivity index (χ2v) is 4.28. The molecule has 17 heavy (non-hydrogen) atoms. The van der Waals surface area contributed by atoms with E-state index in [1.54, 1.807) is 0 Å². The van der Waals surface area contributed by atoms with Gasteiger partial charge in [-0.05, 0) is 13.0 Å². The van der Waals surface area contributed by atoms with Crippen molar-refractivity contribution >= 4 is 23.3 Å². The van der Waals surface area contributed by atoms with Crippen molar-refractivity contribution in [2.75, 3.05) is 6.61 Å². The number of nitrogens with two attached hydrogens (primary N) is 1. The molecule has 0 spiro atoms. The highest BCUT2D eigenvalue weighted by Crippen LogP contribution is 2.30. The smallest absolute Gasteiger partial charge is 0.115 e. The third-order valence-electron chi connectivity index (χ3n) is 3.03. The van der Waals surface area contributed by atoms with Gasteiger partial charge in [-0.25, -0.2) is 0 Å². The molecule has 1 aromatic heterocycles. The van der Waals surface area contributed by atoms with Crippen LogP contribution in [0.4, 0.5) is 0 Å². The third kappa shape index (κ3) is 1.92. The lowest BCUT2D eigenvalue weighted by Gasteiger charge is -2.27. The molecule has 5 heteroatoms. The molecule has 0 unspecified atom stereocenters. The first kappa shape index (κ1) is 12.4. The zero-order valence-electron chi connectivity index (χ0n) is 9.67. The fourth-order valence-electron chi connectivity index (χ4n) is 2.32. The highest BCUT2D eigenvalue weighted by atomic mass is 35.5. The molecule has 4 nitrogen and oxygen atoms in total. The molecule has 2 aromatic rings. The number of hydrogen-bond donors (Lipinski definition) is 1. The quantitative estimate of drug-likeness (QED) is 0.844. The van der Waals surface area contributed by atoms with E-state index >= 15 is 0 Å². The van der Waals surface area contributed by atoms with Crippen LogP contribution in [0.3, 0.4) is 0 Å². The van der Waals surface area contributed by atoms with Gasteiger partial charge < -0.3 is 10.5 Å². The monoisotopic (exact) mass is 253 g/mol. The molecular weight excluding hydrogens is 238 g/mol. The fourth-order valence-corrected chi connectivity index (χ4v) is 2.32. The van der Waals surface area contributed by atoms with Gasteiger partial charge in [0.15, 0.2) is 0 Å². The van der Waals surface area contributed by atoms with Crippen LogP contribution in [0.25, 0.3) is 10.9 Å². The van der Waals surface area contributed by atoms with E-state index < -0.39 is 0 Å². The Kier molecular flexibility index (Phi) is 3.38. The number of rotatable bonds is 1. The molecule has 1 aliphatic rings. The van der Waals surface area contributed by atoms with Crippen molar-refractivity contribution in [2.45, 2.75) is 25.6 Å². The summed E-state index contributed by atoms with van der Waals surface area (Å²) < 4.78 is 7.78. The molecule has 0 amide bonds. The van der Waals surface area contributed by atoms with Crippen LogP contribution < -0.4 is 5.73 Å². The maximum absolute atomic E-state index is 5.97. The van der Waals surface area contributed by atoms with Crippen LogP contribution in [0.2, 0.25) is 0 Å². The molecule has 0 bridgehead atoms. The molecule has 2 atom stereocenters. The molecule has 1 aromatic carbocycles. The first-order chi connectivity index (χ1) is 7.77. The lowest BCUT2D eigenvalue weighted by atomic mass is 10.1. The summed E-state index contributed by atoms with van der Waals surface area (Å²) in [5.41, 5.74) is 8.11. The van der Waals surface area contributed by atoms with Crippen molar-refractivity contribution in [1.29, 1.82) is 0 Å². The number of halogens is 1. The largest absolute Gasteiger partial charge is 0.368 e. The van der Waals surface area contributed by atoms with Gasteiger partial charge in [0.05, 0.1) is 24.4 Å². The number of ether oxygens (including phenoxy) is 1. The molecule has 0 saturated carbocycles. The molecule has 2 N–H and O–H groups in total. The molecule has 2 heterocycles. The van der Waals surface area contributed by atoms with E-state index in [4.69, 9.17) is 10.5 Å². The third-order valence-corrected chi connectivity index (χ3v) is 3.03. The number of nitrogens with zero attached hydrogens (tertiary/aromatic N) is 2. The zero-order valence-corrected chi connectivity index (χ0v) is 10.5. The Morgan fingerprint density at radius 1 is 1.47 bits per heavy atom. The number of hydrogen-bond acceptors (Lipinski definition) is 3. The Balaban J connectivity index is 0.00000108. The van der Waals surface area contributed by atoms with Gasteiger partial charge in [-0.3, -0.25) is 4.68 Å². The van der Waals surface area contributed by atoms with Gasteiger partial charge in [-0.15, -0.1) is 12.4 Å². The Bertz CT molecular complexity index is 523. The van der Waals surface area contributed by atoms with Crippen molar-refractivity contribution < 1.29 is 4.74 Å². The van der Waals surface area contributed by atoms with E-state index in [9.17, 15) is 0 Å². The van der Waals surface area contributed by atoms with Gasteiger partial charge in [0.2, 0.25) is 0 Å². The van der Waals surface area contributed by atoms with E-state index in [0.717, 1.165) is 23.1 Å². The number of benzene rings is 1. The van der Waals surface area contributed by atoms with Crippen LogP contribution in [0, 0.1) is 0 Å². The van der Waals surface area contributed by atoms with Crippen LogP contribution in [0.15, 0.2) is 24.3 Å². The Morgan fingerprint density at radius 2 is 2.24 bits per heavy atom. The highest BCUT2D eigenvalue weighted by Gasteiger charge is 2.27. The van der Waals surface area contributed by atoms with E-state index in [0.29, 0.717) is 6.61 Å². The summed E-state index contributed by atoms with van der Waals surface area (Å²) in [4.78, 5) is 0. The summed E-state index contributed by atoms with van der Waals surface area (Å²) in [6, 6.07) is 8.12. The lowest BCUT2D eigenvalue weighted by molar-refractivity contribution is 0.00537. The molecule has 1 aliphatic heterocycles. The van der Waals surface area contributed by atoms with Crippen molar-refractivity contribution in [3.63, 3.8) is 0 Å². The fraction of sp³-hybridized carbons (Fsp3) is 0.417. The topological polar surface area (TPSA) is 53.1 Å². The average molecular weight is 254 g/mol. The van der Waals surface area contributed by atoms with Crippen LogP contribution in [0.1, 0.15) is 18.7 Å². The summed E-state index contributed by atoms with van der Waals surface area (Å²) in [6.07, 6.45) is -0.0406. The maximum Gasteiger partial charge on any atom is 0.115 e. The van der Waals surface area contributed by atoms with Crippen LogP contribution in [0.5, 0.6) is 0 Å². The van der Waals surface area contributed by atoms with E-state index in [1.165, 1.54) is 0 Å². The van der Waals surface area contributed by atoms with Gasteiger partial charge in [-0.2, -0.15) is 5.10 Å². The van der Waals surface area contributed by atoms with Gasteiger partial charge in [0.1, 0.15) is 6.10 Å². The van der Waals surface area contributed by atoms with Crippen molar-refractivity contribution in [3.8, 4) is 0 Å². The van der Waals surface area contributed by atoms with Gasteiger partial charge in [0, 0.05) is 11.4 Å². The molecule has 0 fully saturated rings. The highest BCUT2D eigenvalue weighted by molar-refractivity contribution is 5.85. The van der Waals surface area contributed by atoms with E-state index in [-0.39, 0.29) is 24.6 Å². The minimum Gasteiger partial charge on any atom is -0.368 e. The normalized spacial score (nSPS) is 20.7. The Labute approximate surface area is 106 Å². The van der Waals surface area contributed by atoms with E-state index in [1.807, 2.05) is 29.8 Å². The first-order valence-corrected chi connectivity index (χ1v) is 5.60. The second-order valence-electron chi connectivity index (χ2n) is 4.28.